The Hall–Kier alpha value is -3.19. The molecule has 3 rings (SSSR count). The van der Waals surface area contributed by atoms with Crippen molar-refractivity contribution in [3.05, 3.63) is 59.7 Å². The number of methoxy groups -OCH3 is 1. The molecule has 0 saturated carbocycles. The molecule has 158 valence electrons. The standard InChI is InChI=1S/C23H28N4O3/c1-4-13-26(14-5-2)16-27-20-12-11-18(21(28)17-9-7-6-8-10-17)15-19(20)24-22(27)25-23(29)30-3/h6-12,15H,4-5,13-14,16H2,1-3H3,(H,24,25,29). The Morgan fingerprint density at radius 1 is 1.03 bits per heavy atom. The minimum absolute atomic E-state index is 0.0619. The molecule has 0 radical (unpaired) electrons. The monoisotopic (exact) mass is 408 g/mol. The second kappa shape index (κ2) is 10.0. The van der Waals surface area contributed by atoms with Gasteiger partial charge in [-0.25, -0.2) is 9.78 Å². The molecule has 0 fully saturated rings. The van der Waals surface area contributed by atoms with E-state index in [1.54, 1.807) is 18.2 Å². The molecular formula is C23H28N4O3. The van der Waals surface area contributed by atoms with Gasteiger partial charge in [0.05, 0.1) is 24.8 Å². The van der Waals surface area contributed by atoms with E-state index in [0.717, 1.165) is 31.4 Å². The molecular weight excluding hydrogens is 380 g/mol. The number of ketones is 1. The summed E-state index contributed by atoms with van der Waals surface area (Å²) in [5, 5.41) is 2.70. The smallest absolute Gasteiger partial charge is 0.413 e. The normalized spacial score (nSPS) is 11.1. The van der Waals surface area contributed by atoms with Crippen molar-refractivity contribution in [2.75, 3.05) is 25.5 Å². The minimum atomic E-state index is -0.579. The largest absolute Gasteiger partial charge is 0.453 e. The molecule has 7 heteroatoms. The predicted molar refractivity (Wildman–Crippen MR) is 118 cm³/mol. The number of rotatable bonds is 9. The number of hydrogen-bond acceptors (Lipinski definition) is 5. The number of imidazole rings is 1. The van der Waals surface area contributed by atoms with Gasteiger partial charge in [-0.15, -0.1) is 0 Å². The molecule has 0 aliphatic carbocycles. The molecule has 3 aromatic rings. The maximum Gasteiger partial charge on any atom is 0.413 e. The quantitative estimate of drug-likeness (QED) is 0.527. The summed E-state index contributed by atoms with van der Waals surface area (Å²) in [4.78, 5) is 31.6. The van der Waals surface area contributed by atoms with E-state index in [2.05, 4.69) is 29.0 Å². The van der Waals surface area contributed by atoms with Crippen LogP contribution in [0.25, 0.3) is 11.0 Å². The molecule has 0 aliphatic heterocycles. The lowest BCUT2D eigenvalue weighted by atomic mass is 10.0. The van der Waals surface area contributed by atoms with Crippen molar-refractivity contribution in [1.82, 2.24) is 14.5 Å². The van der Waals surface area contributed by atoms with Crippen LogP contribution in [-0.4, -0.2) is 46.5 Å². The highest BCUT2D eigenvalue weighted by atomic mass is 16.5. The van der Waals surface area contributed by atoms with Crippen LogP contribution in [0.2, 0.25) is 0 Å². The Morgan fingerprint density at radius 3 is 2.37 bits per heavy atom. The summed E-state index contributed by atoms with van der Waals surface area (Å²) >= 11 is 0. The third-order valence-corrected chi connectivity index (χ3v) is 4.87. The van der Waals surface area contributed by atoms with Crippen LogP contribution >= 0.6 is 0 Å². The Bertz CT molecular complexity index is 1010. The molecule has 0 atom stereocenters. The number of nitrogens with one attached hydrogen (secondary N) is 1. The van der Waals surface area contributed by atoms with E-state index in [1.165, 1.54) is 7.11 Å². The third-order valence-electron chi connectivity index (χ3n) is 4.87. The van der Waals surface area contributed by atoms with Crippen LogP contribution < -0.4 is 5.32 Å². The lowest BCUT2D eigenvalue weighted by Crippen LogP contribution is -2.29. The van der Waals surface area contributed by atoms with Crippen LogP contribution in [0, 0.1) is 0 Å². The second-order valence-corrected chi connectivity index (χ2v) is 7.14. The topological polar surface area (TPSA) is 76.5 Å². The van der Waals surface area contributed by atoms with Gasteiger partial charge in [0.2, 0.25) is 5.95 Å². The highest BCUT2D eigenvalue weighted by Crippen LogP contribution is 2.23. The number of carbonyl (C=O) groups excluding carboxylic acids is 2. The van der Waals surface area contributed by atoms with Crippen LogP contribution in [0.4, 0.5) is 10.7 Å². The van der Waals surface area contributed by atoms with Crippen molar-refractivity contribution in [3.63, 3.8) is 0 Å². The van der Waals surface area contributed by atoms with Gasteiger partial charge >= 0.3 is 6.09 Å². The van der Waals surface area contributed by atoms with Crippen molar-refractivity contribution >= 4 is 28.9 Å². The summed E-state index contributed by atoms with van der Waals surface area (Å²) in [6.45, 7) is 6.75. The molecule has 0 aliphatic rings. The zero-order valence-corrected chi connectivity index (χ0v) is 17.7. The highest BCUT2D eigenvalue weighted by molar-refractivity contribution is 6.10. The summed E-state index contributed by atoms with van der Waals surface area (Å²) in [5.74, 6) is 0.339. The number of benzene rings is 2. The molecule has 7 nitrogen and oxygen atoms in total. The molecule has 1 amide bonds. The van der Waals surface area contributed by atoms with Gasteiger partial charge in [0.25, 0.3) is 0 Å². The van der Waals surface area contributed by atoms with Gasteiger partial charge in [0, 0.05) is 11.1 Å². The van der Waals surface area contributed by atoms with E-state index in [9.17, 15) is 9.59 Å². The summed E-state index contributed by atoms with van der Waals surface area (Å²) in [5.41, 5.74) is 2.68. The minimum Gasteiger partial charge on any atom is -0.453 e. The second-order valence-electron chi connectivity index (χ2n) is 7.14. The first-order valence-electron chi connectivity index (χ1n) is 10.2. The highest BCUT2D eigenvalue weighted by Gasteiger charge is 2.18. The summed E-state index contributed by atoms with van der Waals surface area (Å²) in [6, 6.07) is 14.6. The van der Waals surface area contributed by atoms with E-state index in [1.807, 2.05) is 34.9 Å². The summed E-state index contributed by atoms with van der Waals surface area (Å²) in [6.07, 6.45) is 1.48. The molecule has 30 heavy (non-hydrogen) atoms. The number of nitrogens with zero attached hydrogens (tertiary/aromatic N) is 3. The Morgan fingerprint density at radius 2 is 1.73 bits per heavy atom. The molecule has 1 heterocycles. The molecule has 1 N–H and O–H groups in total. The van der Waals surface area contributed by atoms with E-state index in [4.69, 9.17) is 4.74 Å². The van der Waals surface area contributed by atoms with Crippen LogP contribution in [0.3, 0.4) is 0 Å². The first kappa shape index (κ1) is 21.5. The van der Waals surface area contributed by atoms with Crippen LogP contribution in [0.1, 0.15) is 42.6 Å². The zero-order valence-electron chi connectivity index (χ0n) is 17.7. The number of hydrogen-bond donors (Lipinski definition) is 1. The average molecular weight is 409 g/mol. The van der Waals surface area contributed by atoms with Crippen LogP contribution in [0.15, 0.2) is 48.5 Å². The van der Waals surface area contributed by atoms with Gasteiger partial charge in [-0.05, 0) is 44.1 Å². The molecule has 1 aromatic heterocycles. The Balaban J connectivity index is 2.01. The first-order chi connectivity index (χ1) is 14.6. The Kier molecular flexibility index (Phi) is 7.19. The molecule has 0 spiro atoms. The fourth-order valence-corrected chi connectivity index (χ4v) is 3.49. The van der Waals surface area contributed by atoms with Gasteiger partial charge in [-0.3, -0.25) is 19.6 Å². The van der Waals surface area contributed by atoms with Crippen molar-refractivity contribution in [3.8, 4) is 0 Å². The first-order valence-corrected chi connectivity index (χ1v) is 10.2. The van der Waals surface area contributed by atoms with E-state index < -0.39 is 6.09 Å². The number of carbonyl (C=O) groups is 2. The molecule has 0 bridgehead atoms. The van der Waals surface area contributed by atoms with Crippen LogP contribution in [-0.2, 0) is 11.4 Å². The summed E-state index contributed by atoms with van der Waals surface area (Å²) in [7, 11) is 1.32. The van der Waals surface area contributed by atoms with Gasteiger partial charge in [-0.1, -0.05) is 44.2 Å². The van der Waals surface area contributed by atoms with E-state index in [0.29, 0.717) is 29.3 Å². The Labute approximate surface area is 176 Å². The number of aromatic nitrogens is 2. The average Bonchev–Trinajstić information content (AvgIpc) is 3.10. The fraction of sp³-hybridized carbons (Fsp3) is 0.348. The van der Waals surface area contributed by atoms with Crippen LogP contribution in [0.5, 0.6) is 0 Å². The zero-order chi connectivity index (χ0) is 21.5. The predicted octanol–water partition coefficient (Wildman–Crippen LogP) is 4.53. The fourth-order valence-electron chi connectivity index (χ4n) is 3.49. The maximum atomic E-state index is 12.8. The maximum absolute atomic E-state index is 12.8. The van der Waals surface area contributed by atoms with Gasteiger partial charge < -0.3 is 4.74 Å². The van der Waals surface area contributed by atoms with Crippen molar-refractivity contribution in [2.24, 2.45) is 0 Å². The van der Waals surface area contributed by atoms with E-state index >= 15 is 0 Å². The van der Waals surface area contributed by atoms with Crippen molar-refractivity contribution in [1.29, 1.82) is 0 Å². The van der Waals surface area contributed by atoms with Gasteiger partial charge in [0.1, 0.15) is 0 Å². The third kappa shape index (κ3) is 4.86. The SMILES string of the molecule is CCCN(CCC)Cn1c(NC(=O)OC)nc2cc(C(=O)c3ccccc3)ccc21. The van der Waals surface area contributed by atoms with E-state index in [-0.39, 0.29) is 5.78 Å². The van der Waals surface area contributed by atoms with Gasteiger partial charge in [-0.2, -0.15) is 0 Å². The van der Waals surface area contributed by atoms with Gasteiger partial charge in [0.15, 0.2) is 5.78 Å². The molecule has 2 aromatic carbocycles. The summed E-state index contributed by atoms with van der Waals surface area (Å²) < 4.78 is 6.71. The number of fused-ring (bicyclic) bond motifs is 1. The lowest BCUT2D eigenvalue weighted by molar-refractivity contribution is 0.103. The lowest BCUT2D eigenvalue weighted by Gasteiger charge is -2.23. The number of amides is 1. The van der Waals surface area contributed by atoms with Crippen molar-refractivity contribution in [2.45, 2.75) is 33.4 Å². The number of anilines is 1. The number of ether oxygens (including phenoxy) is 1. The molecule has 0 saturated heterocycles. The van der Waals surface area contributed by atoms with Crippen molar-refractivity contribution < 1.29 is 14.3 Å². The molecule has 0 unspecified atom stereocenters.